The lowest BCUT2D eigenvalue weighted by atomic mass is 10.3. The average molecular weight is 129 g/mol. The molecule has 0 aromatic rings. The minimum Gasteiger partial charge on any atom is -0.279 e. The van der Waals surface area contributed by atoms with Gasteiger partial charge >= 0.3 is 0 Å². The number of hydrogen-bond donors (Lipinski definition) is 2. The molecule has 2 unspecified atom stereocenters. The predicted octanol–water partition coefficient (Wildman–Crippen LogP) is -0.436. The lowest BCUT2D eigenvalue weighted by molar-refractivity contribution is 0.668. The van der Waals surface area contributed by atoms with E-state index in [2.05, 4.69) is 15.8 Å². The minimum absolute atomic E-state index is 0.486. The smallest absolute Gasteiger partial charge is 0.0957 e. The van der Waals surface area contributed by atoms with Gasteiger partial charge in [-0.05, 0) is 0 Å². The van der Waals surface area contributed by atoms with Crippen LogP contribution < -0.4 is 10.9 Å². The van der Waals surface area contributed by atoms with Crippen LogP contribution in [-0.2, 0) is 0 Å². The summed E-state index contributed by atoms with van der Waals surface area (Å²) in [5.41, 5.74) is 8.07. The summed E-state index contributed by atoms with van der Waals surface area (Å²) >= 11 is 1.75. The van der Waals surface area contributed by atoms with Gasteiger partial charge in [0.1, 0.15) is 0 Å². The molecule has 2 atom stereocenters. The normalized spacial score (nSPS) is 43.0. The zero-order valence-corrected chi connectivity index (χ0v) is 5.11. The predicted molar refractivity (Wildman–Crippen MR) is 34.8 cm³/mol. The molecule has 2 rings (SSSR count). The molecular weight excluding hydrogens is 122 g/mol. The maximum Gasteiger partial charge on any atom is 0.0957 e. The van der Waals surface area contributed by atoms with Crippen molar-refractivity contribution >= 4 is 17.3 Å². The molecule has 4 heteroatoms. The number of thioether (sulfide) groups is 1. The van der Waals surface area contributed by atoms with E-state index in [-0.39, 0.29) is 0 Å². The average Bonchev–Trinajstić information content (AvgIpc) is 2.15. The highest BCUT2D eigenvalue weighted by molar-refractivity contribution is 8.12. The maximum atomic E-state index is 4.21. The summed E-state index contributed by atoms with van der Waals surface area (Å²) in [6, 6.07) is 0.486. The van der Waals surface area contributed by atoms with Crippen molar-refractivity contribution < 1.29 is 0 Å². The van der Waals surface area contributed by atoms with E-state index in [4.69, 9.17) is 0 Å². The van der Waals surface area contributed by atoms with Crippen LogP contribution in [0.4, 0.5) is 0 Å². The van der Waals surface area contributed by atoms with Crippen LogP contribution in [0.1, 0.15) is 0 Å². The van der Waals surface area contributed by atoms with Crippen LogP contribution in [0.2, 0.25) is 0 Å². The van der Waals surface area contributed by atoms with Crippen LogP contribution in [0.25, 0.3) is 0 Å². The van der Waals surface area contributed by atoms with Crippen molar-refractivity contribution in [1.29, 1.82) is 0 Å². The Kier molecular flexibility index (Phi) is 1.03. The van der Waals surface area contributed by atoms with Crippen LogP contribution in [0.15, 0.2) is 4.99 Å². The quantitative estimate of drug-likeness (QED) is 0.465. The Bertz CT molecular complexity index is 124. The summed E-state index contributed by atoms with van der Waals surface area (Å²) in [5, 5.41) is 0.509. The highest BCUT2D eigenvalue weighted by Gasteiger charge is 2.28. The first-order chi connectivity index (χ1) is 3.97. The molecule has 2 N–H and O–H groups in total. The Balaban J connectivity index is 2.13. The van der Waals surface area contributed by atoms with Crippen LogP contribution in [0, 0.1) is 0 Å². The van der Waals surface area contributed by atoms with Gasteiger partial charge < -0.3 is 0 Å². The summed E-state index contributed by atoms with van der Waals surface area (Å²) in [4.78, 5) is 4.21. The van der Waals surface area contributed by atoms with E-state index >= 15 is 0 Å². The number of hydrazine groups is 1. The monoisotopic (exact) mass is 129 g/mol. The summed E-state index contributed by atoms with van der Waals surface area (Å²) in [6.45, 7) is 0.980. The molecule has 1 saturated heterocycles. The van der Waals surface area contributed by atoms with E-state index < -0.39 is 0 Å². The van der Waals surface area contributed by atoms with E-state index in [1.54, 1.807) is 11.8 Å². The summed E-state index contributed by atoms with van der Waals surface area (Å²) in [7, 11) is 0. The number of hydrogen-bond acceptors (Lipinski definition) is 4. The maximum absolute atomic E-state index is 4.21. The molecule has 1 fully saturated rings. The molecule has 8 heavy (non-hydrogen) atoms. The van der Waals surface area contributed by atoms with Crippen molar-refractivity contribution in [2.75, 3.05) is 6.54 Å². The Hall–Kier alpha value is -0.0600. The van der Waals surface area contributed by atoms with E-state index in [1.807, 2.05) is 5.55 Å². The first-order valence-corrected chi connectivity index (χ1v) is 3.56. The van der Waals surface area contributed by atoms with Gasteiger partial charge in [-0.1, -0.05) is 11.8 Å². The molecule has 2 aliphatic rings. The van der Waals surface area contributed by atoms with Gasteiger partial charge in [-0.2, -0.15) is 0 Å². The third-order valence-corrected chi connectivity index (χ3v) is 2.33. The summed E-state index contributed by atoms with van der Waals surface area (Å²) in [5.74, 6) is 0. The molecule has 2 aliphatic heterocycles. The fourth-order valence-electron chi connectivity index (χ4n) is 0.902. The first-order valence-electron chi connectivity index (χ1n) is 2.62. The van der Waals surface area contributed by atoms with E-state index in [0.29, 0.717) is 11.4 Å². The highest BCUT2D eigenvalue weighted by atomic mass is 32.2. The van der Waals surface area contributed by atoms with Gasteiger partial charge in [-0.25, -0.2) is 5.43 Å². The SMILES string of the molecule is C1=NC2CNNC2S1. The van der Waals surface area contributed by atoms with Crippen LogP contribution >= 0.6 is 11.8 Å². The second kappa shape index (κ2) is 1.72. The number of aliphatic imine (C=N–C) groups is 1. The first kappa shape index (κ1) is 4.78. The molecule has 2 heterocycles. The highest BCUT2D eigenvalue weighted by Crippen LogP contribution is 2.20. The molecule has 0 aromatic heterocycles. The van der Waals surface area contributed by atoms with Crippen LogP contribution in [0.5, 0.6) is 0 Å². The number of nitrogens with zero attached hydrogens (tertiary/aromatic N) is 1. The number of nitrogens with one attached hydrogen (secondary N) is 2. The molecule has 0 saturated carbocycles. The molecule has 0 aromatic carbocycles. The van der Waals surface area contributed by atoms with Crippen molar-refractivity contribution in [3.8, 4) is 0 Å². The molecule has 0 spiro atoms. The molecular formula is C4H7N3S. The summed E-state index contributed by atoms with van der Waals surface area (Å²) < 4.78 is 0. The van der Waals surface area contributed by atoms with Crippen molar-refractivity contribution in [3.63, 3.8) is 0 Å². The Morgan fingerprint density at radius 1 is 1.75 bits per heavy atom. The summed E-state index contributed by atoms with van der Waals surface area (Å²) in [6.07, 6.45) is 0. The fraction of sp³-hybridized carbons (Fsp3) is 0.750. The molecule has 0 bridgehead atoms. The topological polar surface area (TPSA) is 36.4 Å². The second-order valence-electron chi connectivity index (χ2n) is 1.90. The van der Waals surface area contributed by atoms with Crippen molar-refractivity contribution in [3.05, 3.63) is 0 Å². The van der Waals surface area contributed by atoms with Crippen molar-refractivity contribution in [2.24, 2.45) is 4.99 Å². The second-order valence-corrected chi connectivity index (χ2v) is 2.89. The molecule has 0 amide bonds. The van der Waals surface area contributed by atoms with Crippen LogP contribution in [0.3, 0.4) is 0 Å². The third kappa shape index (κ3) is 0.571. The molecule has 3 nitrogen and oxygen atoms in total. The Labute approximate surface area is 51.9 Å². The third-order valence-electron chi connectivity index (χ3n) is 1.36. The van der Waals surface area contributed by atoms with E-state index in [9.17, 15) is 0 Å². The minimum atomic E-state index is 0.486. The van der Waals surface area contributed by atoms with Gasteiger partial charge in [0.2, 0.25) is 0 Å². The van der Waals surface area contributed by atoms with E-state index in [1.165, 1.54) is 0 Å². The van der Waals surface area contributed by atoms with Gasteiger partial charge in [0.15, 0.2) is 0 Å². The van der Waals surface area contributed by atoms with Gasteiger partial charge in [0.05, 0.1) is 17.0 Å². The number of fused-ring (bicyclic) bond motifs is 1. The largest absolute Gasteiger partial charge is 0.279 e. The molecule has 44 valence electrons. The van der Waals surface area contributed by atoms with Crippen molar-refractivity contribution in [2.45, 2.75) is 11.4 Å². The molecule has 0 radical (unpaired) electrons. The van der Waals surface area contributed by atoms with Crippen molar-refractivity contribution in [1.82, 2.24) is 10.9 Å². The zero-order chi connectivity index (χ0) is 5.40. The van der Waals surface area contributed by atoms with Gasteiger partial charge in [0, 0.05) is 6.54 Å². The Morgan fingerprint density at radius 2 is 2.75 bits per heavy atom. The zero-order valence-electron chi connectivity index (χ0n) is 4.29. The fourth-order valence-corrected chi connectivity index (χ4v) is 1.76. The lowest BCUT2D eigenvalue weighted by Gasteiger charge is -2.01. The van der Waals surface area contributed by atoms with Gasteiger partial charge in [-0.15, -0.1) is 0 Å². The Morgan fingerprint density at radius 3 is 3.62 bits per heavy atom. The van der Waals surface area contributed by atoms with Gasteiger partial charge in [-0.3, -0.25) is 10.4 Å². The number of rotatable bonds is 0. The molecule has 0 aliphatic carbocycles. The lowest BCUT2D eigenvalue weighted by Crippen LogP contribution is -2.28. The standard InChI is InChI=1S/C4H7N3S/c1-3-4(7-6-1)8-2-5-3/h2-4,6-7H,1H2. The van der Waals surface area contributed by atoms with Crippen LogP contribution in [-0.4, -0.2) is 23.5 Å². The van der Waals surface area contributed by atoms with E-state index in [0.717, 1.165) is 6.54 Å². The van der Waals surface area contributed by atoms with Gasteiger partial charge in [0.25, 0.3) is 0 Å².